The average Bonchev–Trinajstić information content (AvgIpc) is 3.92. The van der Waals surface area contributed by atoms with E-state index in [1.807, 2.05) is 0 Å². The summed E-state index contributed by atoms with van der Waals surface area (Å²) in [5.74, 6) is -0.358. The van der Waals surface area contributed by atoms with Gasteiger partial charge in [0.15, 0.2) is 11.5 Å². The Labute approximate surface area is 287 Å². The lowest BCUT2D eigenvalue weighted by atomic mass is 10.0. The number of ether oxygens (including phenoxy) is 5. The van der Waals surface area contributed by atoms with Crippen LogP contribution in [0.1, 0.15) is 99.0 Å². The standard InChI is InChI=1S/C39H58N2O7/c1-4-5-6-7-8-9-10-11-12-13-21-44-36-17-14-16-34(38(36)42)39(43)45-22-15-20-40(23-31-26-46-31)37-29(2)18-19-35(30(37)3)41(24-32-27-47-32)25-33-28-48-33/h14,16-19,31-33,42H,4-13,15,20-28H2,1-3H3. The first-order chi connectivity index (χ1) is 23.4. The highest BCUT2D eigenvalue weighted by atomic mass is 16.6. The average molecular weight is 667 g/mol. The van der Waals surface area contributed by atoms with Crippen molar-refractivity contribution in [3.8, 4) is 11.5 Å². The maximum atomic E-state index is 13.0. The van der Waals surface area contributed by atoms with Crippen LogP contribution in [-0.4, -0.2) is 88.6 Å². The number of aryl methyl sites for hydroxylation is 1. The lowest BCUT2D eigenvalue weighted by Gasteiger charge is -2.32. The van der Waals surface area contributed by atoms with E-state index in [0.717, 1.165) is 52.3 Å². The van der Waals surface area contributed by atoms with Crippen LogP contribution in [0.15, 0.2) is 30.3 Å². The first kappa shape index (κ1) is 36.3. The maximum absolute atomic E-state index is 13.0. The van der Waals surface area contributed by atoms with Crippen molar-refractivity contribution < 1.29 is 33.6 Å². The SMILES string of the molecule is CCCCCCCCCCCCOc1cccc(C(=O)OCCCN(CC2CO2)c2c(C)ccc(N(CC3CO3)CC3CO3)c2C)c1O. The third-order valence-electron chi connectivity index (χ3n) is 9.52. The molecule has 0 aromatic heterocycles. The number of rotatable bonds is 25. The Balaban J connectivity index is 1.08. The van der Waals surface area contributed by atoms with Crippen LogP contribution >= 0.6 is 0 Å². The molecule has 3 aliphatic rings. The van der Waals surface area contributed by atoms with Crippen molar-refractivity contribution in [2.24, 2.45) is 0 Å². The Morgan fingerprint density at radius 2 is 1.35 bits per heavy atom. The third-order valence-corrected chi connectivity index (χ3v) is 9.52. The van der Waals surface area contributed by atoms with Crippen LogP contribution in [0.25, 0.3) is 0 Å². The first-order valence-electron chi connectivity index (χ1n) is 18.5. The molecular formula is C39H58N2O7. The molecule has 0 spiro atoms. The number of nitrogens with zero attached hydrogens (tertiary/aromatic N) is 2. The lowest BCUT2D eigenvalue weighted by molar-refractivity contribution is 0.0498. The van der Waals surface area contributed by atoms with Crippen LogP contribution < -0.4 is 14.5 Å². The molecule has 3 saturated heterocycles. The van der Waals surface area contributed by atoms with Gasteiger partial charge in [0, 0.05) is 37.6 Å². The number of carbonyl (C=O) groups excluding carboxylic acids is 1. The molecule has 2 aromatic rings. The number of unbranched alkanes of at least 4 members (excludes halogenated alkanes) is 9. The van der Waals surface area contributed by atoms with Gasteiger partial charge >= 0.3 is 5.97 Å². The number of hydrogen-bond acceptors (Lipinski definition) is 9. The molecule has 0 bridgehead atoms. The van der Waals surface area contributed by atoms with Crippen LogP contribution in [0.4, 0.5) is 11.4 Å². The summed E-state index contributed by atoms with van der Waals surface area (Å²) in [6.07, 6.45) is 13.9. The molecule has 3 fully saturated rings. The molecule has 0 saturated carbocycles. The van der Waals surface area contributed by atoms with E-state index in [0.29, 0.717) is 25.3 Å². The second-order valence-electron chi connectivity index (χ2n) is 13.8. The molecule has 1 N–H and O–H groups in total. The number of benzene rings is 2. The Kier molecular flexibility index (Phi) is 14.1. The van der Waals surface area contributed by atoms with E-state index < -0.39 is 5.97 Å². The lowest BCUT2D eigenvalue weighted by Crippen LogP contribution is -2.34. The topological polar surface area (TPSA) is 99.8 Å². The van der Waals surface area contributed by atoms with Crippen molar-refractivity contribution in [2.75, 3.05) is 69.0 Å². The van der Waals surface area contributed by atoms with E-state index in [9.17, 15) is 9.90 Å². The van der Waals surface area contributed by atoms with Crippen molar-refractivity contribution in [3.63, 3.8) is 0 Å². The normalized spacial score (nSPS) is 19.2. The summed E-state index contributed by atoms with van der Waals surface area (Å²) in [6.45, 7) is 13.0. The molecule has 0 amide bonds. The number of phenols is 1. The molecular weight excluding hydrogens is 608 g/mol. The highest BCUT2D eigenvalue weighted by Gasteiger charge is 2.33. The van der Waals surface area contributed by atoms with Crippen LogP contribution in [0.5, 0.6) is 11.5 Å². The quantitative estimate of drug-likeness (QED) is 0.0662. The zero-order valence-corrected chi connectivity index (χ0v) is 29.6. The fourth-order valence-electron chi connectivity index (χ4n) is 6.55. The Morgan fingerprint density at radius 3 is 1.96 bits per heavy atom. The van der Waals surface area contributed by atoms with Gasteiger partial charge in [-0.25, -0.2) is 4.79 Å². The second-order valence-corrected chi connectivity index (χ2v) is 13.8. The monoisotopic (exact) mass is 666 g/mol. The number of epoxide rings is 3. The van der Waals surface area contributed by atoms with Crippen molar-refractivity contribution >= 4 is 17.3 Å². The molecule has 5 rings (SSSR count). The molecule has 2 aromatic carbocycles. The van der Waals surface area contributed by atoms with Gasteiger partial charge in [-0.3, -0.25) is 0 Å². The molecule has 0 aliphatic carbocycles. The largest absolute Gasteiger partial charge is 0.504 e. The predicted molar refractivity (Wildman–Crippen MR) is 190 cm³/mol. The fraction of sp³-hybridized carbons (Fsp3) is 0.667. The maximum Gasteiger partial charge on any atom is 0.342 e. The number of hydrogen-bond donors (Lipinski definition) is 1. The minimum atomic E-state index is -0.538. The molecule has 0 radical (unpaired) electrons. The summed E-state index contributed by atoms with van der Waals surface area (Å²) in [4.78, 5) is 17.8. The molecule has 3 heterocycles. The number of esters is 1. The van der Waals surface area contributed by atoms with E-state index in [2.05, 4.69) is 42.7 Å². The van der Waals surface area contributed by atoms with Crippen molar-refractivity contribution in [3.05, 3.63) is 47.0 Å². The van der Waals surface area contributed by atoms with Gasteiger partial charge in [-0.2, -0.15) is 0 Å². The van der Waals surface area contributed by atoms with E-state index in [1.165, 1.54) is 73.9 Å². The number of aromatic hydroxyl groups is 1. The molecule has 9 nitrogen and oxygen atoms in total. The van der Waals surface area contributed by atoms with Gasteiger partial charge in [0.05, 0.1) is 51.3 Å². The summed E-state index contributed by atoms with van der Waals surface area (Å²) in [7, 11) is 0. The van der Waals surface area contributed by atoms with Gasteiger partial charge in [0.1, 0.15) is 5.56 Å². The molecule has 3 aliphatic heterocycles. The number of carbonyl (C=O) groups is 1. The van der Waals surface area contributed by atoms with Crippen LogP contribution in [0.2, 0.25) is 0 Å². The Bertz CT molecular complexity index is 1280. The predicted octanol–water partition coefficient (Wildman–Crippen LogP) is 7.37. The van der Waals surface area contributed by atoms with Gasteiger partial charge in [-0.15, -0.1) is 0 Å². The van der Waals surface area contributed by atoms with Gasteiger partial charge in [-0.05, 0) is 56.0 Å². The number of anilines is 2. The molecule has 9 heteroatoms. The molecule has 266 valence electrons. The Morgan fingerprint density at radius 1 is 0.771 bits per heavy atom. The minimum Gasteiger partial charge on any atom is -0.504 e. The van der Waals surface area contributed by atoms with Gasteiger partial charge in [-0.1, -0.05) is 76.8 Å². The Hall–Kier alpha value is -3.01. The zero-order chi connectivity index (χ0) is 33.7. The van der Waals surface area contributed by atoms with Gasteiger partial charge < -0.3 is 38.6 Å². The summed E-state index contributed by atoms with van der Waals surface area (Å²) in [6, 6.07) is 9.43. The highest BCUT2D eigenvalue weighted by molar-refractivity contribution is 5.93. The summed E-state index contributed by atoms with van der Waals surface area (Å²) < 4.78 is 28.3. The third kappa shape index (κ3) is 11.6. The van der Waals surface area contributed by atoms with Crippen LogP contribution in [0.3, 0.4) is 0 Å². The number of phenolic OH excluding ortho intramolecular Hbond substituents is 1. The number of para-hydroxylation sites is 1. The fourth-order valence-corrected chi connectivity index (χ4v) is 6.55. The zero-order valence-electron chi connectivity index (χ0n) is 29.6. The second kappa shape index (κ2) is 18.7. The van der Waals surface area contributed by atoms with Gasteiger partial charge in [0.25, 0.3) is 0 Å². The summed E-state index contributed by atoms with van der Waals surface area (Å²) in [5.41, 5.74) is 4.99. The highest BCUT2D eigenvalue weighted by Crippen LogP contribution is 2.36. The van der Waals surface area contributed by atoms with Crippen LogP contribution in [-0.2, 0) is 18.9 Å². The van der Waals surface area contributed by atoms with Gasteiger partial charge in [0.2, 0.25) is 0 Å². The summed E-state index contributed by atoms with van der Waals surface area (Å²) in [5, 5.41) is 10.8. The minimum absolute atomic E-state index is 0.137. The van der Waals surface area contributed by atoms with Crippen molar-refractivity contribution in [2.45, 2.75) is 110 Å². The van der Waals surface area contributed by atoms with E-state index in [1.54, 1.807) is 18.2 Å². The molecule has 3 atom stereocenters. The molecule has 3 unspecified atom stereocenters. The van der Waals surface area contributed by atoms with Crippen LogP contribution in [0, 0.1) is 13.8 Å². The smallest absolute Gasteiger partial charge is 0.342 e. The van der Waals surface area contributed by atoms with Crippen molar-refractivity contribution in [1.29, 1.82) is 0 Å². The first-order valence-corrected chi connectivity index (χ1v) is 18.5. The van der Waals surface area contributed by atoms with Crippen molar-refractivity contribution in [1.82, 2.24) is 0 Å². The molecule has 48 heavy (non-hydrogen) atoms. The van der Waals surface area contributed by atoms with E-state index in [4.69, 9.17) is 23.7 Å². The summed E-state index contributed by atoms with van der Waals surface area (Å²) >= 11 is 0. The van der Waals surface area contributed by atoms with E-state index >= 15 is 0 Å². The van der Waals surface area contributed by atoms with E-state index in [-0.39, 0.29) is 36.2 Å².